The maximum absolute atomic E-state index is 12.7. The van der Waals surface area contributed by atoms with Crippen molar-refractivity contribution < 1.29 is 9.00 Å². The molecule has 0 saturated carbocycles. The molecule has 0 spiro atoms. The van der Waals surface area contributed by atoms with Gasteiger partial charge in [0.05, 0.1) is 12.2 Å². The lowest BCUT2D eigenvalue weighted by Gasteiger charge is -2.31. The summed E-state index contributed by atoms with van der Waals surface area (Å²) in [6.45, 7) is 8.62. The molecule has 5 heteroatoms. The number of nitrogens with one attached hydrogen (secondary N) is 1. The molecule has 0 aromatic carbocycles. The van der Waals surface area contributed by atoms with Crippen LogP contribution in [0.1, 0.15) is 59.8 Å². The van der Waals surface area contributed by atoms with Gasteiger partial charge in [0.2, 0.25) is 5.91 Å². The smallest absolute Gasteiger partial charge is 0.241 e. The minimum atomic E-state index is -0.791. The summed E-state index contributed by atoms with van der Waals surface area (Å²) in [5.41, 5.74) is 0. The van der Waals surface area contributed by atoms with Gasteiger partial charge < -0.3 is 4.90 Å². The molecule has 0 aliphatic carbocycles. The second-order valence-corrected chi connectivity index (χ2v) is 8.22. The number of unbranched alkanes of at least 4 members (excludes halogenated alkanes) is 1. The fourth-order valence-corrected chi connectivity index (χ4v) is 3.63. The zero-order valence-electron chi connectivity index (χ0n) is 14.2. The zero-order chi connectivity index (χ0) is 16.0. The van der Waals surface area contributed by atoms with E-state index < -0.39 is 10.8 Å². The Morgan fingerprint density at radius 3 is 2.52 bits per heavy atom. The molecule has 0 aromatic heterocycles. The van der Waals surface area contributed by atoms with Gasteiger partial charge in [-0.1, -0.05) is 33.6 Å². The number of nitrogens with zero attached hydrogens (tertiary/aromatic N) is 1. The number of rotatable bonds is 9. The highest BCUT2D eigenvalue weighted by Gasteiger charge is 2.40. The van der Waals surface area contributed by atoms with Crippen molar-refractivity contribution in [3.05, 3.63) is 0 Å². The minimum Gasteiger partial charge on any atom is -0.323 e. The van der Waals surface area contributed by atoms with Crippen molar-refractivity contribution in [1.82, 2.24) is 10.2 Å². The number of amides is 1. The van der Waals surface area contributed by atoms with Gasteiger partial charge in [-0.05, 0) is 32.1 Å². The summed E-state index contributed by atoms with van der Waals surface area (Å²) in [5, 5.41) is 3.53. The highest BCUT2D eigenvalue weighted by molar-refractivity contribution is 7.84. The van der Waals surface area contributed by atoms with Crippen molar-refractivity contribution in [2.24, 2.45) is 5.92 Å². The lowest BCUT2D eigenvalue weighted by Crippen LogP contribution is -2.44. The van der Waals surface area contributed by atoms with E-state index in [1.807, 2.05) is 4.90 Å². The van der Waals surface area contributed by atoms with Crippen LogP contribution in [0.25, 0.3) is 0 Å². The third kappa shape index (κ3) is 5.70. The molecular formula is C16H32N2O2S. The Kier molecular flexibility index (Phi) is 7.88. The van der Waals surface area contributed by atoms with Gasteiger partial charge in [-0.2, -0.15) is 0 Å². The van der Waals surface area contributed by atoms with Gasteiger partial charge in [-0.15, -0.1) is 0 Å². The topological polar surface area (TPSA) is 49.4 Å². The van der Waals surface area contributed by atoms with Crippen molar-refractivity contribution in [1.29, 1.82) is 0 Å². The average molecular weight is 317 g/mol. The third-order valence-electron chi connectivity index (χ3n) is 4.12. The van der Waals surface area contributed by atoms with Gasteiger partial charge in [0.15, 0.2) is 0 Å². The van der Waals surface area contributed by atoms with Gasteiger partial charge in [-0.3, -0.25) is 14.3 Å². The molecule has 1 heterocycles. The van der Waals surface area contributed by atoms with E-state index in [0.29, 0.717) is 11.7 Å². The van der Waals surface area contributed by atoms with E-state index in [0.717, 1.165) is 32.1 Å². The number of carbonyl (C=O) groups excluding carboxylic acids is 1. The first-order valence-corrected chi connectivity index (χ1v) is 9.97. The van der Waals surface area contributed by atoms with Crippen molar-refractivity contribution in [2.75, 3.05) is 12.0 Å². The van der Waals surface area contributed by atoms with Crippen LogP contribution in [0, 0.1) is 5.92 Å². The van der Waals surface area contributed by atoms with Crippen LogP contribution in [0.3, 0.4) is 0 Å². The molecule has 1 N–H and O–H groups in total. The first-order valence-electron chi connectivity index (χ1n) is 8.25. The quantitative estimate of drug-likeness (QED) is 0.711. The van der Waals surface area contributed by atoms with Crippen molar-refractivity contribution in [2.45, 2.75) is 78.0 Å². The molecule has 1 aliphatic heterocycles. The summed E-state index contributed by atoms with van der Waals surface area (Å²) in [7, 11) is -0.791. The summed E-state index contributed by atoms with van der Waals surface area (Å²) >= 11 is 0. The standard InChI is InChI=1S/C16H32N2O2S/c1-6-7-8-14-16(19)18(13(4)9-10-21(5)20)15(17-14)11-12(2)3/h12-15,17H,6-11H2,1-5H3. The van der Waals surface area contributed by atoms with E-state index >= 15 is 0 Å². The normalized spacial score (nSPS) is 25.6. The summed E-state index contributed by atoms with van der Waals surface area (Å²) in [6, 6.07) is 0.132. The van der Waals surface area contributed by atoms with Crippen molar-refractivity contribution in [3.8, 4) is 0 Å². The summed E-state index contributed by atoms with van der Waals surface area (Å²) in [6.07, 6.45) is 6.78. The molecule has 4 atom stereocenters. The van der Waals surface area contributed by atoms with Crippen LogP contribution >= 0.6 is 0 Å². The van der Waals surface area contributed by atoms with E-state index in [-0.39, 0.29) is 24.2 Å². The predicted octanol–water partition coefficient (Wildman–Crippen LogP) is 2.51. The molecule has 1 amide bonds. The molecule has 4 unspecified atom stereocenters. The molecule has 4 nitrogen and oxygen atoms in total. The Labute approximate surface area is 132 Å². The van der Waals surface area contributed by atoms with Crippen LogP contribution in [-0.4, -0.2) is 45.3 Å². The summed E-state index contributed by atoms with van der Waals surface area (Å²) in [4.78, 5) is 14.7. The van der Waals surface area contributed by atoms with Gasteiger partial charge in [0, 0.05) is 28.9 Å². The highest BCUT2D eigenvalue weighted by Crippen LogP contribution is 2.24. The minimum absolute atomic E-state index is 0.0247. The lowest BCUT2D eigenvalue weighted by atomic mass is 10.1. The van der Waals surface area contributed by atoms with Gasteiger partial charge in [0.1, 0.15) is 0 Å². The second kappa shape index (κ2) is 8.89. The molecule has 1 fully saturated rings. The Balaban J connectivity index is 2.73. The summed E-state index contributed by atoms with van der Waals surface area (Å²) < 4.78 is 11.3. The Morgan fingerprint density at radius 2 is 2.00 bits per heavy atom. The van der Waals surface area contributed by atoms with E-state index in [4.69, 9.17) is 0 Å². The third-order valence-corrected chi connectivity index (χ3v) is 4.93. The molecule has 0 bridgehead atoms. The largest absolute Gasteiger partial charge is 0.323 e. The molecule has 1 rings (SSSR count). The van der Waals surface area contributed by atoms with Crippen LogP contribution in [0.5, 0.6) is 0 Å². The number of hydrogen-bond donors (Lipinski definition) is 1. The van der Waals surface area contributed by atoms with E-state index in [1.54, 1.807) is 6.26 Å². The first kappa shape index (κ1) is 18.6. The first-order chi connectivity index (χ1) is 9.86. The molecule has 0 radical (unpaired) electrons. The molecular weight excluding hydrogens is 284 g/mol. The molecule has 21 heavy (non-hydrogen) atoms. The van der Waals surface area contributed by atoms with Gasteiger partial charge in [0.25, 0.3) is 0 Å². The van der Waals surface area contributed by atoms with Crippen LogP contribution in [0.15, 0.2) is 0 Å². The lowest BCUT2D eigenvalue weighted by molar-refractivity contribution is -0.132. The fourth-order valence-electron chi connectivity index (χ4n) is 2.96. The van der Waals surface area contributed by atoms with Crippen LogP contribution in [0.2, 0.25) is 0 Å². The molecule has 1 aliphatic rings. The fraction of sp³-hybridized carbons (Fsp3) is 0.938. The van der Waals surface area contributed by atoms with Crippen molar-refractivity contribution >= 4 is 16.7 Å². The van der Waals surface area contributed by atoms with Crippen LogP contribution in [-0.2, 0) is 15.6 Å². The van der Waals surface area contributed by atoms with E-state index in [2.05, 4.69) is 33.0 Å². The van der Waals surface area contributed by atoms with E-state index in [9.17, 15) is 9.00 Å². The van der Waals surface area contributed by atoms with Gasteiger partial charge in [-0.25, -0.2) is 0 Å². The number of hydrogen-bond acceptors (Lipinski definition) is 3. The monoisotopic (exact) mass is 316 g/mol. The highest BCUT2D eigenvalue weighted by atomic mass is 32.2. The summed E-state index contributed by atoms with van der Waals surface area (Å²) in [5.74, 6) is 1.46. The van der Waals surface area contributed by atoms with Crippen LogP contribution in [0.4, 0.5) is 0 Å². The van der Waals surface area contributed by atoms with Crippen LogP contribution < -0.4 is 5.32 Å². The molecule has 1 saturated heterocycles. The van der Waals surface area contributed by atoms with Gasteiger partial charge >= 0.3 is 0 Å². The SMILES string of the molecule is CCCCC1NC(CC(C)C)N(C(C)CCS(C)=O)C1=O. The average Bonchev–Trinajstić information content (AvgIpc) is 2.69. The zero-order valence-corrected chi connectivity index (χ0v) is 15.0. The second-order valence-electron chi connectivity index (χ2n) is 6.67. The Hall–Kier alpha value is -0.420. The van der Waals surface area contributed by atoms with E-state index in [1.165, 1.54) is 0 Å². The Morgan fingerprint density at radius 1 is 1.33 bits per heavy atom. The Bertz CT molecular complexity index is 360. The maximum atomic E-state index is 12.7. The predicted molar refractivity (Wildman–Crippen MR) is 89.6 cm³/mol. The molecule has 124 valence electrons. The molecule has 0 aromatic rings. The maximum Gasteiger partial charge on any atom is 0.241 e. The number of carbonyl (C=O) groups is 1. The van der Waals surface area contributed by atoms with Crippen molar-refractivity contribution in [3.63, 3.8) is 0 Å².